The Hall–Kier alpha value is -1.68. The summed E-state index contributed by atoms with van der Waals surface area (Å²) in [7, 11) is 1.94. The monoisotopic (exact) mass is 486 g/mol. The molecule has 1 unspecified atom stereocenters. The van der Waals surface area contributed by atoms with Gasteiger partial charge >= 0.3 is 0 Å². The van der Waals surface area contributed by atoms with Gasteiger partial charge in [0.15, 0.2) is 11.8 Å². The highest BCUT2D eigenvalue weighted by Crippen LogP contribution is 2.13. The van der Waals surface area contributed by atoms with Crippen molar-refractivity contribution in [2.24, 2.45) is 12.0 Å². The molecule has 0 aliphatic rings. The summed E-state index contributed by atoms with van der Waals surface area (Å²) in [4.78, 5) is 4.63. The minimum atomic E-state index is 0. The predicted octanol–water partition coefficient (Wildman–Crippen LogP) is 2.35. The third-order valence-corrected chi connectivity index (χ3v) is 4.39. The fourth-order valence-corrected chi connectivity index (χ4v) is 2.53. The van der Waals surface area contributed by atoms with Crippen molar-refractivity contribution in [3.05, 3.63) is 47.5 Å². The lowest BCUT2D eigenvalue weighted by Crippen LogP contribution is -2.40. The van der Waals surface area contributed by atoms with Gasteiger partial charge in [-0.15, -0.1) is 34.2 Å². The van der Waals surface area contributed by atoms with Crippen LogP contribution in [0.5, 0.6) is 0 Å². The first-order valence-electron chi connectivity index (χ1n) is 9.18. The maximum Gasteiger partial charge on any atom is 0.191 e. The Bertz CT molecular complexity index is 689. The van der Waals surface area contributed by atoms with E-state index in [9.17, 15) is 5.11 Å². The van der Waals surface area contributed by atoms with Crippen molar-refractivity contribution < 1.29 is 5.11 Å². The minimum Gasteiger partial charge on any atom is -0.396 e. The lowest BCUT2D eigenvalue weighted by molar-refractivity contribution is 0.265. The Morgan fingerprint density at radius 1 is 1.22 bits per heavy atom. The SMILES string of the molecule is CCCCNC(=NCc1nnc(C)n1C)NCC(CO)c1ccccc1.I. The third kappa shape index (κ3) is 7.45. The van der Waals surface area contributed by atoms with Crippen LogP contribution < -0.4 is 10.6 Å². The standard InChI is InChI=1S/C19H30N6O.HI/c1-4-5-11-20-19(22-13-18-24-23-15(2)25(18)3)21-12-17(14-26)16-9-7-6-8-10-16;/h6-10,17,26H,4-5,11-14H2,1-3H3,(H2,20,21,22);1H. The number of unbranched alkanes of at least 4 members (excludes halogenated alkanes) is 1. The van der Waals surface area contributed by atoms with Crippen molar-refractivity contribution in [2.45, 2.75) is 39.2 Å². The van der Waals surface area contributed by atoms with Crippen LogP contribution in [-0.4, -0.2) is 45.5 Å². The first-order chi connectivity index (χ1) is 12.7. The molecule has 3 N–H and O–H groups in total. The van der Waals surface area contributed by atoms with E-state index in [1.54, 1.807) is 0 Å². The van der Waals surface area contributed by atoms with Gasteiger partial charge in [0.2, 0.25) is 0 Å². The summed E-state index contributed by atoms with van der Waals surface area (Å²) in [5.41, 5.74) is 1.11. The number of nitrogens with zero attached hydrogens (tertiary/aromatic N) is 4. The first kappa shape index (κ1) is 23.4. The molecule has 27 heavy (non-hydrogen) atoms. The van der Waals surface area contributed by atoms with Crippen LogP contribution in [-0.2, 0) is 13.6 Å². The molecule has 1 aromatic carbocycles. The molecule has 0 saturated heterocycles. The number of aliphatic hydroxyl groups excluding tert-OH is 1. The van der Waals surface area contributed by atoms with Crippen molar-refractivity contribution in [3.8, 4) is 0 Å². The fourth-order valence-electron chi connectivity index (χ4n) is 2.53. The van der Waals surface area contributed by atoms with E-state index in [4.69, 9.17) is 0 Å². The molecule has 1 heterocycles. The number of hydrogen-bond acceptors (Lipinski definition) is 4. The molecule has 0 aliphatic heterocycles. The Balaban J connectivity index is 0.00000364. The van der Waals surface area contributed by atoms with Crippen LogP contribution >= 0.6 is 24.0 Å². The quantitative estimate of drug-likeness (QED) is 0.219. The summed E-state index contributed by atoms with van der Waals surface area (Å²) in [6.45, 7) is 6.08. The van der Waals surface area contributed by atoms with Gasteiger partial charge in [0, 0.05) is 26.1 Å². The van der Waals surface area contributed by atoms with Crippen molar-refractivity contribution in [1.29, 1.82) is 0 Å². The average molecular weight is 486 g/mol. The minimum absolute atomic E-state index is 0. The van der Waals surface area contributed by atoms with E-state index in [-0.39, 0.29) is 36.5 Å². The van der Waals surface area contributed by atoms with Crippen LogP contribution in [0.25, 0.3) is 0 Å². The van der Waals surface area contributed by atoms with E-state index in [2.05, 4.69) is 32.7 Å². The summed E-state index contributed by atoms with van der Waals surface area (Å²) in [5, 5.41) is 24.6. The Morgan fingerprint density at radius 3 is 2.56 bits per heavy atom. The Morgan fingerprint density at radius 2 is 1.96 bits per heavy atom. The molecule has 0 amide bonds. The number of aromatic nitrogens is 3. The average Bonchev–Trinajstić information content (AvgIpc) is 2.99. The predicted molar refractivity (Wildman–Crippen MR) is 119 cm³/mol. The summed E-state index contributed by atoms with van der Waals surface area (Å²) in [6.07, 6.45) is 2.19. The number of rotatable bonds is 9. The highest BCUT2D eigenvalue weighted by atomic mass is 127. The molecule has 1 aromatic heterocycles. The van der Waals surface area contributed by atoms with Gasteiger partial charge < -0.3 is 20.3 Å². The summed E-state index contributed by atoms with van der Waals surface area (Å²) >= 11 is 0. The van der Waals surface area contributed by atoms with Gasteiger partial charge in [-0.3, -0.25) is 0 Å². The van der Waals surface area contributed by atoms with Crippen LogP contribution in [0.1, 0.15) is 42.9 Å². The van der Waals surface area contributed by atoms with Crippen LogP contribution in [0.4, 0.5) is 0 Å². The summed E-state index contributed by atoms with van der Waals surface area (Å²) < 4.78 is 1.94. The molecule has 0 spiro atoms. The highest BCUT2D eigenvalue weighted by molar-refractivity contribution is 14.0. The van der Waals surface area contributed by atoms with Crippen LogP contribution in [0, 0.1) is 6.92 Å². The molecule has 150 valence electrons. The zero-order valence-corrected chi connectivity index (χ0v) is 18.7. The molecule has 0 fully saturated rings. The van der Waals surface area contributed by atoms with E-state index >= 15 is 0 Å². The van der Waals surface area contributed by atoms with Crippen molar-refractivity contribution in [3.63, 3.8) is 0 Å². The van der Waals surface area contributed by atoms with Crippen molar-refractivity contribution in [2.75, 3.05) is 19.7 Å². The largest absolute Gasteiger partial charge is 0.396 e. The van der Waals surface area contributed by atoms with E-state index in [1.807, 2.05) is 48.9 Å². The van der Waals surface area contributed by atoms with Crippen LogP contribution in [0.15, 0.2) is 35.3 Å². The van der Waals surface area contributed by atoms with Crippen LogP contribution in [0.2, 0.25) is 0 Å². The van der Waals surface area contributed by atoms with Crippen molar-refractivity contribution in [1.82, 2.24) is 25.4 Å². The molecule has 7 nitrogen and oxygen atoms in total. The molecule has 8 heteroatoms. The Kier molecular flexibility index (Phi) is 11.0. The number of guanidine groups is 1. The first-order valence-corrected chi connectivity index (χ1v) is 9.18. The number of aliphatic imine (C=N–C) groups is 1. The molecular formula is C19H31IN6O. The van der Waals surface area contributed by atoms with Gasteiger partial charge in [-0.2, -0.15) is 0 Å². The number of nitrogens with one attached hydrogen (secondary N) is 2. The van der Waals surface area contributed by atoms with E-state index in [0.29, 0.717) is 13.1 Å². The molecule has 0 radical (unpaired) electrons. The second-order valence-corrected chi connectivity index (χ2v) is 6.34. The second kappa shape index (κ2) is 12.7. The lowest BCUT2D eigenvalue weighted by atomic mass is 10.0. The van der Waals surface area contributed by atoms with E-state index in [1.165, 1.54) is 0 Å². The van der Waals surface area contributed by atoms with E-state index in [0.717, 1.165) is 42.6 Å². The molecule has 0 bridgehead atoms. The van der Waals surface area contributed by atoms with Gasteiger partial charge in [0.1, 0.15) is 12.4 Å². The zero-order valence-electron chi connectivity index (χ0n) is 16.4. The summed E-state index contributed by atoms with van der Waals surface area (Å²) in [5.74, 6) is 2.44. The third-order valence-electron chi connectivity index (χ3n) is 4.39. The number of aliphatic hydroxyl groups is 1. The fraction of sp³-hybridized carbons (Fsp3) is 0.526. The maximum absolute atomic E-state index is 9.73. The van der Waals surface area contributed by atoms with Gasteiger partial charge in [0.25, 0.3) is 0 Å². The Labute approximate surface area is 178 Å². The van der Waals surface area contributed by atoms with Crippen molar-refractivity contribution >= 4 is 29.9 Å². The van der Waals surface area contributed by atoms with E-state index < -0.39 is 0 Å². The zero-order chi connectivity index (χ0) is 18.8. The number of benzene rings is 1. The number of hydrogen-bond donors (Lipinski definition) is 3. The molecule has 2 aromatic rings. The second-order valence-electron chi connectivity index (χ2n) is 6.34. The molecule has 0 aliphatic carbocycles. The summed E-state index contributed by atoms with van der Waals surface area (Å²) in [6, 6.07) is 10.0. The molecule has 0 saturated carbocycles. The maximum atomic E-state index is 9.73. The topological polar surface area (TPSA) is 87.4 Å². The van der Waals surface area contributed by atoms with Gasteiger partial charge in [-0.1, -0.05) is 43.7 Å². The number of halogens is 1. The smallest absolute Gasteiger partial charge is 0.191 e. The van der Waals surface area contributed by atoms with Crippen LogP contribution in [0.3, 0.4) is 0 Å². The van der Waals surface area contributed by atoms with Gasteiger partial charge in [-0.05, 0) is 18.9 Å². The molecular weight excluding hydrogens is 455 g/mol. The lowest BCUT2D eigenvalue weighted by Gasteiger charge is -2.18. The molecule has 1 atom stereocenters. The highest BCUT2D eigenvalue weighted by Gasteiger charge is 2.11. The van der Waals surface area contributed by atoms with Gasteiger partial charge in [-0.25, -0.2) is 4.99 Å². The van der Waals surface area contributed by atoms with Gasteiger partial charge in [0.05, 0.1) is 6.61 Å². The number of aryl methyl sites for hydroxylation is 1. The normalized spacial score (nSPS) is 12.4. The molecule has 2 rings (SSSR count).